The number of piperazine rings is 1. The van der Waals surface area contributed by atoms with Gasteiger partial charge in [-0.1, -0.05) is 12.1 Å². The second-order valence-electron chi connectivity index (χ2n) is 7.81. The van der Waals surface area contributed by atoms with E-state index in [9.17, 15) is 14.0 Å². The Balaban J connectivity index is 1.32. The van der Waals surface area contributed by atoms with Crippen LogP contribution in [-0.4, -0.2) is 54.4 Å². The summed E-state index contributed by atoms with van der Waals surface area (Å²) in [7, 11) is 0. The fourth-order valence-corrected chi connectivity index (χ4v) is 4.67. The number of halogens is 1. The maximum atomic E-state index is 14.9. The lowest BCUT2D eigenvalue weighted by molar-refractivity contribution is -0.116. The molecule has 2 N–H and O–H groups in total. The van der Waals surface area contributed by atoms with Crippen molar-refractivity contribution in [1.82, 2.24) is 15.2 Å². The second-order valence-corrected chi connectivity index (χ2v) is 8.71. The molecule has 2 aliphatic rings. The number of anilines is 2. The summed E-state index contributed by atoms with van der Waals surface area (Å²) in [6.07, 6.45) is 1.59. The van der Waals surface area contributed by atoms with Gasteiger partial charge in [0.25, 0.3) is 5.91 Å². The van der Waals surface area contributed by atoms with E-state index in [0.717, 1.165) is 37.4 Å². The molecular formula is C23H22FN5O2S. The molecule has 0 spiro atoms. The molecule has 0 aliphatic carbocycles. The molecule has 0 atom stereocenters. The Morgan fingerprint density at radius 1 is 1.16 bits per heavy atom. The number of thiazole rings is 1. The highest BCUT2D eigenvalue weighted by atomic mass is 32.1. The van der Waals surface area contributed by atoms with Crippen LogP contribution in [0.25, 0.3) is 11.1 Å². The number of hydrogen-bond acceptors (Lipinski definition) is 6. The summed E-state index contributed by atoms with van der Waals surface area (Å²) in [5.41, 5.74) is 3.27. The Hall–Kier alpha value is -3.30. The Morgan fingerprint density at radius 2 is 1.94 bits per heavy atom. The Bertz CT molecular complexity index is 1140. The average Bonchev–Trinajstić information content (AvgIpc) is 3.43. The highest BCUT2D eigenvalue weighted by Crippen LogP contribution is 2.32. The van der Waals surface area contributed by atoms with E-state index < -0.39 is 5.82 Å². The molecule has 2 amide bonds. The van der Waals surface area contributed by atoms with Crippen molar-refractivity contribution in [1.29, 1.82) is 0 Å². The van der Waals surface area contributed by atoms with Crippen molar-refractivity contribution in [3.63, 3.8) is 0 Å². The molecule has 32 heavy (non-hydrogen) atoms. The number of amides is 2. The van der Waals surface area contributed by atoms with Crippen molar-refractivity contribution < 1.29 is 14.0 Å². The number of fused-ring (bicyclic) bond motifs is 1. The monoisotopic (exact) mass is 451 g/mol. The molecular weight excluding hydrogens is 429 g/mol. The first-order valence-corrected chi connectivity index (χ1v) is 11.3. The van der Waals surface area contributed by atoms with Crippen LogP contribution in [0, 0.1) is 5.82 Å². The minimum absolute atomic E-state index is 0.0769. The first kappa shape index (κ1) is 20.6. The number of nitrogens with one attached hydrogen (secondary N) is 2. The van der Waals surface area contributed by atoms with Crippen LogP contribution in [0.3, 0.4) is 0 Å². The SMILES string of the molecule is O=C(CN1Cc2c(F)cc(-c3ccc(N4CCNCC4)cc3)cc2C1=O)Nc1nccs1. The number of carbonyl (C=O) groups excluding carboxylic acids is 2. The molecule has 1 fully saturated rings. The molecule has 3 aromatic rings. The smallest absolute Gasteiger partial charge is 0.255 e. The molecule has 0 unspecified atom stereocenters. The predicted molar refractivity (Wildman–Crippen MR) is 122 cm³/mol. The van der Waals surface area contributed by atoms with E-state index in [4.69, 9.17) is 0 Å². The third kappa shape index (κ3) is 4.09. The predicted octanol–water partition coefficient (Wildman–Crippen LogP) is 2.95. The van der Waals surface area contributed by atoms with Crippen LogP contribution in [0.4, 0.5) is 15.2 Å². The minimum atomic E-state index is -0.431. The van der Waals surface area contributed by atoms with Crippen molar-refractivity contribution in [3.05, 3.63) is 64.9 Å². The van der Waals surface area contributed by atoms with Gasteiger partial charge in [-0.2, -0.15) is 0 Å². The molecule has 1 saturated heterocycles. The van der Waals surface area contributed by atoms with Gasteiger partial charge in [0, 0.05) is 54.6 Å². The summed E-state index contributed by atoms with van der Waals surface area (Å²) in [4.78, 5) is 32.8. The third-order valence-corrected chi connectivity index (χ3v) is 6.45. The van der Waals surface area contributed by atoms with Gasteiger partial charge in [-0.3, -0.25) is 9.59 Å². The Labute approximate surface area is 188 Å². The molecule has 3 heterocycles. The summed E-state index contributed by atoms with van der Waals surface area (Å²) < 4.78 is 14.9. The standard InChI is InChI=1S/C23H22FN5O2S/c24-20-12-16(15-1-3-17(4-2-15)28-8-5-25-6-9-28)11-18-19(20)13-29(22(18)31)14-21(30)27-23-26-7-10-32-23/h1-4,7,10-12,25H,5-6,8-9,13-14H2,(H,26,27,30). The van der Waals surface area contributed by atoms with Crippen molar-refractivity contribution in [2.24, 2.45) is 0 Å². The van der Waals surface area contributed by atoms with E-state index in [-0.39, 0.29) is 24.9 Å². The van der Waals surface area contributed by atoms with E-state index in [2.05, 4.69) is 20.5 Å². The number of carbonyl (C=O) groups is 2. The number of rotatable bonds is 5. The quantitative estimate of drug-likeness (QED) is 0.624. The minimum Gasteiger partial charge on any atom is -0.369 e. The lowest BCUT2D eigenvalue weighted by atomic mass is 9.99. The van der Waals surface area contributed by atoms with Crippen molar-refractivity contribution in [3.8, 4) is 11.1 Å². The average molecular weight is 452 g/mol. The molecule has 2 aromatic carbocycles. The van der Waals surface area contributed by atoms with Crippen molar-refractivity contribution >= 4 is 34.0 Å². The van der Waals surface area contributed by atoms with Gasteiger partial charge in [0.05, 0.1) is 6.54 Å². The van der Waals surface area contributed by atoms with E-state index in [1.165, 1.54) is 22.3 Å². The Morgan fingerprint density at radius 3 is 2.66 bits per heavy atom. The zero-order valence-corrected chi connectivity index (χ0v) is 18.1. The van der Waals surface area contributed by atoms with Gasteiger partial charge in [0.1, 0.15) is 12.4 Å². The van der Waals surface area contributed by atoms with E-state index in [1.807, 2.05) is 24.3 Å². The molecule has 7 nitrogen and oxygen atoms in total. The van der Waals surface area contributed by atoms with Gasteiger partial charge in [0.2, 0.25) is 5.91 Å². The maximum absolute atomic E-state index is 14.9. The zero-order valence-electron chi connectivity index (χ0n) is 17.3. The molecule has 5 rings (SSSR count). The second kappa shape index (κ2) is 8.68. The van der Waals surface area contributed by atoms with Gasteiger partial charge in [-0.15, -0.1) is 11.3 Å². The van der Waals surface area contributed by atoms with Crippen molar-refractivity contribution in [2.75, 3.05) is 42.9 Å². The molecule has 1 aromatic heterocycles. The van der Waals surface area contributed by atoms with E-state index >= 15 is 0 Å². The zero-order chi connectivity index (χ0) is 22.1. The molecule has 2 aliphatic heterocycles. The highest BCUT2D eigenvalue weighted by molar-refractivity contribution is 7.13. The lowest BCUT2D eigenvalue weighted by Gasteiger charge is -2.29. The molecule has 0 radical (unpaired) electrons. The topological polar surface area (TPSA) is 77.6 Å². The van der Waals surface area contributed by atoms with E-state index in [1.54, 1.807) is 17.6 Å². The van der Waals surface area contributed by atoms with E-state index in [0.29, 0.717) is 21.8 Å². The van der Waals surface area contributed by atoms with Crippen LogP contribution >= 0.6 is 11.3 Å². The normalized spacial score (nSPS) is 15.7. The van der Waals surface area contributed by atoms with Crippen LogP contribution < -0.4 is 15.5 Å². The third-order valence-electron chi connectivity index (χ3n) is 5.76. The number of nitrogens with zero attached hydrogens (tertiary/aromatic N) is 3. The summed E-state index contributed by atoms with van der Waals surface area (Å²) in [6.45, 7) is 3.74. The molecule has 0 saturated carbocycles. The largest absolute Gasteiger partial charge is 0.369 e. The number of benzene rings is 2. The molecule has 9 heteroatoms. The van der Waals surface area contributed by atoms with Gasteiger partial charge in [-0.05, 0) is 35.4 Å². The number of hydrogen-bond donors (Lipinski definition) is 2. The summed E-state index contributed by atoms with van der Waals surface area (Å²) in [6, 6.07) is 11.2. The molecule has 0 bridgehead atoms. The first-order chi connectivity index (χ1) is 15.6. The van der Waals surface area contributed by atoms with Crippen LogP contribution in [-0.2, 0) is 11.3 Å². The maximum Gasteiger partial charge on any atom is 0.255 e. The summed E-state index contributed by atoms with van der Waals surface area (Å²) in [5, 5.41) is 8.21. The number of aromatic nitrogens is 1. The van der Waals surface area contributed by atoms with Crippen LogP contribution in [0.2, 0.25) is 0 Å². The van der Waals surface area contributed by atoms with Gasteiger partial charge in [-0.25, -0.2) is 9.37 Å². The first-order valence-electron chi connectivity index (χ1n) is 10.5. The van der Waals surface area contributed by atoms with Crippen LogP contribution in [0.15, 0.2) is 48.0 Å². The van der Waals surface area contributed by atoms with Gasteiger partial charge in [0.15, 0.2) is 5.13 Å². The highest BCUT2D eigenvalue weighted by Gasteiger charge is 2.32. The summed E-state index contributed by atoms with van der Waals surface area (Å²) in [5.74, 6) is -1.13. The van der Waals surface area contributed by atoms with Crippen LogP contribution in [0.1, 0.15) is 15.9 Å². The lowest BCUT2D eigenvalue weighted by Crippen LogP contribution is -2.43. The van der Waals surface area contributed by atoms with Crippen LogP contribution in [0.5, 0.6) is 0 Å². The summed E-state index contributed by atoms with van der Waals surface area (Å²) >= 11 is 1.30. The van der Waals surface area contributed by atoms with Crippen molar-refractivity contribution in [2.45, 2.75) is 6.54 Å². The van der Waals surface area contributed by atoms with Gasteiger partial charge < -0.3 is 20.4 Å². The molecule has 164 valence electrons. The fourth-order valence-electron chi connectivity index (χ4n) is 4.12. The van der Waals surface area contributed by atoms with Gasteiger partial charge >= 0.3 is 0 Å². The fraction of sp³-hybridized carbons (Fsp3) is 0.261. The Kier molecular flexibility index (Phi) is 5.59.